The highest BCUT2D eigenvalue weighted by Gasteiger charge is 1.88. The molecule has 1 N–H and O–H groups in total. The van der Waals surface area contributed by atoms with Crippen molar-refractivity contribution < 1.29 is 5.11 Å². The van der Waals surface area contributed by atoms with Gasteiger partial charge in [-0.15, -0.1) is 0 Å². The summed E-state index contributed by atoms with van der Waals surface area (Å²) in [7, 11) is 0. The highest BCUT2D eigenvalue weighted by atomic mass is 16.3. The number of hydrogen-bond donors (Lipinski definition) is 1. The van der Waals surface area contributed by atoms with Gasteiger partial charge >= 0.3 is 0 Å². The standard InChI is InChI=1S/C11H18O/c1-3-5-6-7-8-9-10-11(12)4-2/h7-8,11-12H,3-6H2,1-2H3/b8-7+. The Morgan fingerprint density at radius 2 is 2.17 bits per heavy atom. The molecule has 1 nitrogen and oxygen atoms in total. The van der Waals surface area contributed by atoms with Crippen LogP contribution in [0.25, 0.3) is 0 Å². The molecule has 1 unspecified atom stereocenters. The van der Waals surface area contributed by atoms with Gasteiger partial charge in [0.05, 0.1) is 0 Å². The molecule has 0 spiro atoms. The first-order valence-electron chi connectivity index (χ1n) is 4.65. The van der Waals surface area contributed by atoms with Crippen molar-refractivity contribution in [2.75, 3.05) is 0 Å². The lowest BCUT2D eigenvalue weighted by Crippen LogP contribution is -1.98. The minimum Gasteiger partial charge on any atom is -0.380 e. The third-order valence-corrected chi connectivity index (χ3v) is 1.56. The summed E-state index contributed by atoms with van der Waals surface area (Å²) in [6.45, 7) is 4.08. The van der Waals surface area contributed by atoms with E-state index in [9.17, 15) is 0 Å². The van der Waals surface area contributed by atoms with Crippen LogP contribution in [0.2, 0.25) is 0 Å². The van der Waals surface area contributed by atoms with Gasteiger partial charge in [-0.2, -0.15) is 0 Å². The number of allylic oxidation sites excluding steroid dienone is 2. The molecular formula is C11H18O. The molecule has 0 amide bonds. The smallest absolute Gasteiger partial charge is 0.114 e. The van der Waals surface area contributed by atoms with Crippen LogP contribution in [0, 0.1) is 11.8 Å². The lowest BCUT2D eigenvalue weighted by Gasteiger charge is -1.92. The van der Waals surface area contributed by atoms with E-state index in [2.05, 4.69) is 24.8 Å². The van der Waals surface area contributed by atoms with Gasteiger partial charge in [-0.3, -0.25) is 0 Å². The van der Waals surface area contributed by atoms with E-state index in [1.54, 1.807) is 0 Å². The van der Waals surface area contributed by atoms with Crippen molar-refractivity contribution in [3.63, 3.8) is 0 Å². The molecule has 68 valence electrons. The third-order valence-electron chi connectivity index (χ3n) is 1.56. The van der Waals surface area contributed by atoms with Crippen LogP contribution in [-0.4, -0.2) is 11.2 Å². The first-order chi connectivity index (χ1) is 5.81. The maximum Gasteiger partial charge on any atom is 0.114 e. The van der Waals surface area contributed by atoms with Gasteiger partial charge in [-0.05, 0) is 18.9 Å². The van der Waals surface area contributed by atoms with Gasteiger partial charge in [0.25, 0.3) is 0 Å². The highest BCUT2D eigenvalue weighted by Crippen LogP contribution is 1.94. The topological polar surface area (TPSA) is 20.2 Å². The summed E-state index contributed by atoms with van der Waals surface area (Å²) in [5, 5.41) is 9.05. The molecule has 0 aromatic carbocycles. The van der Waals surface area contributed by atoms with Crippen LogP contribution in [0.5, 0.6) is 0 Å². The molecule has 0 fully saturated rings. The number of unbranched alkanes of at least 4 members (excludes halogenated alkanes) is 2. The van der Waals surface area contributed by atoms with Gasteiger partial charge < -0.3 is 5.11 Å². The monoisotopic (exact) mass is 166 g/mol. The van der Waals surface area contributed by atoms with Crippen LogP contribution in [-0.2, 0) is 0 Å². The van der Waals surface area contributed by atoms with E-state index in [0.717, 1.165) is 6.42 Å². The van der Waals surface area contributed by atoms with Gasteiger partial charge in [0.15, 0.2) is 0 Å². The summed E-state index contributed by atoms with van der Waals surface area (Å²) in [6, 6.07) is 0. The van der Waals surface area contributed by atoms with Crippen molar-refractivity contribution in [3.05, 3.63) is 12.2 Å². The Morgan fingerprint density at radius 1 is 1.42 bits per heavy atom. The van der Waals surface area contributed by atoms with E-state index in [1.165, 1.54) is 12.8 Å². The van der Waals surface area contributed by atoms with Crippen molar-refractivity contribution in [1.82, 2.24) is 0 Å². The fourth-order valence-electron chi connectivity index (χ4n) is 0.711. The van der Waals surface area contributed by atoms with Crippen molar-refractivity contribution in [3.8, 4) is 11.8 Å². The molecule has 0 saturated carbocycles. The molecule has 1 heteroatoms. The highest BCUT2D eigenvalue weighted by molar-refractivity contribution is 5.17. The fourth-order valence-corrected chi connectivity index (χ4v) is 0.711. The van der Waals surface area contributed by atoms with Gasteiger partial charge in [0.2, 0.25) is 0 Å². The predicted octanol–water partition coefficient (Wildman–Crippen LogP) is 2.51. The first-order valence-corrected chi connectivity index (χ1v) is 4.65. The lowest BCUT2D eigenvalue weighted by molar-refractivity contribution is 0.228. The largest absolute Gasteiger partial charge is 0.380 e. The van der Waals surface area contributed by atoms with Gasteiger partial charge in [-0.1, -0.05) is 44.6 Å². The normalized spacial score (nSPS) is 12.6. The second-order valence-corrected chi connectivity index (χ2v) is 2.76. The van der Waals surface area contributed by atoms with Gasteiger partial charge in [0.1, 0.15) is 6.10 Å². The number of aliphatic hydroxyl groups is 1. The maximum atomic E-state index is 9.05. The van der Waals surface area contributed by atoms with Crippen molar-refractivity contribution in [2.45, 2.75) is 45.6 Å². The Labute approximate surface area is 75.5 Å². The average Bonchev–Trinajstić information content (AvgIpc) is 2.10. The summed E-state index contributed by atoms with van der Waals surface area (Å²) < 4.78 is 0. The lowest BCUT2D eigenvalue weighted by atomic mass is 10.2. The Morgan fingerprint density at radius 3 is 2.75 bits per heavy atom. The van der Waals surface area contributed by atoms with Crippen LogP contribution in [0.4, 0.5) is 0 Å². The summed E-state index contributed by atoms with van der Waals surface area (Å²) in [4.78, 5) is 0. The minimum atomic E-state index is -0.458. The van der Waals surface area contributed by atoms with Crippen LogP contribution >= 0.6 is 0 Å². The Balaban J connectivity index is 3.48. The Bertz CT molecular complexity index is 171. The molecule has 0 bridgehead atoms. The first kappa shape index (κ1) is 11.3. The van der Waals surface area contributed by atoms with E-state index in [0.29, 0.717) is 6.42 Å². The summed E-state index contributed by atoms with van der Waals surface area (Å²) in [5.41, 5.74) is 0. The van der Waals surface area contributed by atoms with E-state index in [-0.39, 0.29) is 0 Å². The number of aliphatic hydroxyl groups excluding tert-OH is 1. The van der Waals surface area contributed by atoms with Crippen molar-refractivity contribution in [1.29, 1.82) is 0 Å². The quantitative estimate of drug-likeness (QED) is 0.502. The zero-order chi connectivity index (χ0) is 9.23. The number of rotatable bonds is 4. The summed E-state index contributed by atoms with van der Waals surface area (Å²) in [5.74, 6) is 5.54. The minimum absolute atomic E-state index is 0.458. The molecule has 0 aromatic rings. The molecule has 12 heavy (non-hydrogen) atoms. The Hall–Kier alpha value is -0.740. The summed E-state index contributed by atoms with van der Waals surface area (Å²) >= 11 is 0. The fraction of sp³-hybridized carbons (Fsp3) is 0.636. The molecule has 1 atom stereocenters. The number of hydrogen-bond acceptors (Lipinski definition) is 1. The zero-order valence-corrected chi connectivity index (χ0v) is 8.01. The second kappa shape index (κ2) is 8.36. The van der Waals surface area contributed by atoms with E-state index >= 15 is 0 Å². The predicted molar refractivity (Wildman–Crippen MR) is 52.7 cm³/mol. The van der Waals surface area contributed by atoms with Crippen molar-refractivity contribution in [2.24, 2.45) is 0 Å². The maximum absolute atomic E-state index is 9.05. The molecule has 0 radical (unpaired) electrons. The van der Waals surface area contributed by atoms with E-state index < -0.39 is 6.10 Å². The van der Waals surface area contributed by atoms with Crippen LogP contribution < -0.4 is 0 Å². The Kier molecular flexibility index (Phi) is 7.84. The molecule has 0 aromatic heterocycles. The SMILES string of the molecule is CCCC/C=C/C#CC(O)CC. The molecular weight excluding hydrogens is 148 g/mol. The molecule has 0 aliphatic rings. The molecule has 0 rings (SSSR count). The van der Waals surface area contributed by atoms with Gasteiger partial charge in [-0.25, -0.2) is 0 Å². The van der Waals surface area contributed by atoms with Gasteiger partial charge in [0, 0.05) is 0 Å². The summed E-state index contributed by atoms with van der Waals surface area (Å²) in [6.07, 6.45) is 7.65. The zero-order valence-electron chi connectivity index (χ0n) is 8.01. The third kappa shape index (κ3) is 7.37. The molecule has 0 aliphatic carbocycles. The van der Waals surface area contributed by atoms with Crippen LogP contribution in [0.3, 0.4) is 0 Å². The van der Waals surface area contributed by atoms with Crippen LogP contribution in [0.15, 0.2) is 12.2 Å². The van der Waals surface area contributed by atoms with Crippen LogP contribution in [0.1, 0.15) is 39.5 Å². The molecule has 0 aliphatic heterocycles. The average molecular weight is 166 g/mol. The second-order valence-electron chi connectivity index (χ2n) is 2.76. The van der Waals surface area contributed by atoms with E-state index in [1.807, 2.05) is 13.0 Å². The molecule has 0 heterocycles. The van der Waals surface area contributed by atoms with Crippen molar-refractivity contribution >= 4 is 0 Å². The molecule has 0 saturated heterocycles. The van der Waals surface area contributed by atoms with E-state index in [4.69, 9.17) is 5.11 Å².